The third-order valence-corrected chi connectivity index (χ3v) is 6.05. The molecule has 0 aliphatic heterocycles. The van der Waals surface area contributed by atoms with E-state index in [1.165, 1.54) is 12.5 Å². The Kier molecular flexibility index (Phi) is 10.9. The van der Waals surface area contributed by atoms with Crippen molar-refractivity contribution in [2.24, 2.45) is 11.8 Å². The van der Waals surface area contributed by atoms with Crippen LogP contribution in [-0.2, 0) is 20.7 Å². The SMILES string of the molecule is CC(=O)OC(=O)CCC/C=C\C[C@@H]1[C@@H](CC[C@@H](O)CCc2ccccc2)[C@H](O)C[C@@H]1O. The van der Waals surface area contributed by atoms with Gasteiger partial charge in [-0.3, -0.25) is 9.59 Å². The number of unbranched alkanes of at least 4 members (excludes halogenated alkanes) is 1. The zero-order valence-corrected chi connectivity index (χ0v) is 18.4. The van der Waals surface area contributed by atoms with E-state index in [4.69, 9.17) is 0 Å². The first kappa shape index (κ1) is 25.2. The van der Waals surface area contributed by atoms with Crippen molar-refractivity contribution in [3.05, 3.63) is 48.0 Å². The number of aliphatic hydroxyl groups excluding tert-OH is 3. The van der Waals surface area contributed by atoms with E-state index < -0.39 is 30.3 Å². The van der Waals surface area contributed by atoms with Crippen LogP contribution in [0.3, 0.4) is 0 Å². The van der Waals surface area contributed by atoms with Crippen molar-refractivity contribution in [3.8, 4) is 0 Å². The van der Waals surface area contributed by atoms with Crippen LogP contribution in [0.15, 0.2) is 42.5 Å². The molecule has 0 unspecified atom stereocenters. The fourth-order valence-corrected chi connectivity index (χ4v) is 4.36. The van der Waals surface area contributed by atoms with E-state index in [1.54, 1.807) is 0 Å². The molecule has 0 bridgehead atoms. The van der Waals surface area contributed by atoms with Crippen LogP contribution in [-0.4, -0.2) is 45.6 Å². The molecule has 1 saturated carbocycles. The normalized spacial score (nSPS) is 24.4. The molecule has 6 heteroatoms. The lowest BCUT2D eigenvalue weighted by molar-refractivity contribution is -0.158. The van der Waals surface area contributed by atoms with Crippen LogP contribution in [0.4, 0.5) is 0 Å². The molecule has 6 nitrogen and oxygen atoms in total. The van der Waals surface area contributed by atoms with Gasteiger partial charge in [0.05, 0.1) is 18.3 Å². The Morgan fingerprint density at radius 1 is 1.10 bits per heavy atom. The number of aryl methyl sites for hydroxylation is 1. The number of aliphatic hydroxyl groups is 3. The summed E-state index contributed by atoms with van der Waals surface area (Å²) in [5.74, 6) is -1.17. The average molecular weight is 433 g/mol. The van der Waals surface area contributed by atoms with Gasteiger partial charge >= 0.3 is 11.9 Å². The molecule has 0 saturated heterocycles. The second-order valence-electron chi connectivity index (χ2n) is 8.52. The van der Waals surface area contributed by atoms with Gasteiger partial charge in [-0.05, 0) is 68.8 Å². The Morgan fingerprint density at radius 3 is 2.52 bits per heavy atom. The second kappa shape index (κ2) is 13.4. The third kappa shape index (κ3) is 9.33. The molecule has 1 aromatic carbocycles. The maximum atomic E-state index is 11.3. The van der Waals surface area contributed by atoms with Crippen molar-refractivity contribution < 1.29 is 29.6 Å². The minimum Gasteiger partial charge on any atom is -0.393 e. The van der Waals surface area contributed by atoms with Gasteiger partial charge in [-0.1, -0.05) is 42.5 Å². The number of hydrogen-bond acceptors (Lipinski definition) is 6. The van der Waals surface area contributed by atoms with Crippen molar-refractivity contribution in [2.75, 3.05) is 0 Å². The smallest absolute Gasteiger partial charge is 0.313 e. The number of benzene rings is 1. The Hall–Kier alpha value is -2.02. The Bertz CT molecular complexity index is 701. The average Bonchev–Trinajstić information content (AvgIpc) is 3.00. The Labute approximate surface area is 184 Å². The molecule has 31 heavy (non-hydrogen) atoms. The van der Waals surface area contributed by atoms with Gasteiger partial charge in [0.25, 0.3) is 0 Å². The minimum atomic E-state index is -0.592. The minimum absolute atomic E-state index is 0.0310. The topological polar surface area (TPSA) is 104 Å². The van der Waals surface area contributed by atoms with Crippen LogP contribution in [0.1, 0.15) is 63.9 Å². The molecule has 1 aromatic rings. The molecule has 3 N–H and O–H groups in total. The van der Waals surface area contributed by atoms with Gasteiger partial charge in [-0.15, -0.1) is 0 Å². The number of ether oxygens (including phenoxy) is 1. The summed E-state index contributed by atoms with van der Waals surface area (Å²) in [6.07, 6.45) is 7.74. The Morgan fingerprint density at radius 2 is 1.81 bits per heavy atom. The molecule has 2 rings (SSSR count). The molecule has 1 aliphatic rings. The fraction of sp³-hybridized carbons (Fsp3) is 0.600. The van der Waals surface area contributed by atoms with Crippen molar-refractivity contribution in [1.29, 1.82) is 0 Å². The maximum Gasteiger partial charge on any atom is 0.313 e. The third-order valence-electron chi connectivity index (χ3n) is 6.05. The fourth-order valence-electron chi connectivity index (χ4n) is 4.36. The van der Waals surface area contributed by atoms with Crippen LogP contribution >= 0.6 is 0 Å². The molecule has 0 aromatic heterocycles. The van der Waals surface area contributed by atoms with E-state index in [2.05, 4.69) is 16.9 Å². The van der Waals surface area contributed by atoms with E-state index in [1.807, 2.05) is 30.4 Å². The second-order valence-corrected chi connectivity index (χ2v) is 8.52. The van der Waals surface area contributed by atoms with Crippen LogP contribution in [0.5, 0.6) is 0 Å². The summed E-state index contributed by atoms with van der Waals surface area (Å²) in [4.78, 5) is 22.0. The predicted octanol–water partition coefficient (Wildman–Crippen LogP) is 3.32. The highest BCUT2D eigenvalue weighted by atomic mass is 16.6. The summed E-state index contributed by atoms with van der Waals surface area (Å²) >= 11 is 0. The number of allylic oxidation sites excluding steroid dienone is 2. The number of esters is 2. The summed E-state index contributed by atoms with van der Waals surface area (Å²) in [5.41, 5.74) is 1.20. The summed E-state index contributed by atoms with van der Waals surface area (Å²) in [7, 11) is 0. The monoisotopic (exact) mass is 432 g/mol. The standard InChI is InChI=1S/C25H36O6/c1-18(26)31-25(30)12-8-3-2-7-11-21-22(24(29)17-23(21)28)16-15-20(27)14-13-19-9-5-4-6-10-19/h2,4-7,9-10,20-24,27-29H,3,8,11-17H2,1H3/b7-2-/t20-,21+,22+,23-,24+/m0/s1. The van der Waals surface area contributed by atoms with Crippen molar-refractivity contribution >= 4 is 11.9 Å². The summed E-state index contributed by atoms with van der Waals surface area (Å²) in [6, 6.07) is 10.1. The highest BCUT2D eigenvalue weighted by molar-refractivity contribution is 5.83. The molecule has 0 amide bonds. The van der Waals surface area contributed by atoms with Gasteiger partial charge in [0.1, 0.15) is 0 Å². The number of carbonyl (C=O) groups is 2. The van der Waals surface area contributed by atoms with Crippen LogP contribution in [0.25, 0.3) is 0 Å². The van der Waals surface area contributed by atoms with E-state index in [0.29, 0.717) is 44.9 Å². The Balaban J connectivity index is 1.71. The van der Waals surface area contributed by atoms with Gasteiger partial charge in [-0.2, -0.15) is 0 Å². The lowest BCUT2D eigenvalue weighted by atomic mass is 9.85. The van der Waals surface area contributed by atoms with Gasteiger partial charge < -0.3 is 20.1 Å². The molecule has 0 heterocycles. The number of rotatable bonds is 12. The van der Waals surface area contributed by atoms with Crippen LogP contribution < -0.4 is 0 Å². The highest BCUT2D eigenvalue weighted by Crippen LogP contribution is 2.38. The molecule has 0 radical (unpaired) electrons. The van der Waals surface area contributed by atoms with Crippen molar-refractivity contribution in [1.82, 2.24) is 0 Å². The maximum absolute atomic E-state index is 11.3. The van der Waals surface area contributed by atoms with E-state index in [0.717, 1.165) is 6.42 Å². The summed E-state index contributed by atoms with van der Waals surface area (Å²) in [5, 5.41) is 31.1. The van der Waals surface area contributed by atoms with Crippen LogP contribution in [0, 0.1) is 11.8 Å². The van der Waals surface area contributed by atoms with Gasteiger partial charge in [0.15, 0.2) is 0 Å². The first-order valence-electron chi connectivity index (χ1n) is 11.3. The van der Waals surface area contributed by atoms with E-state index in [9.17, 15) is 24.9 Å². The quantitative estimate of drug-likeness (QED) is 0.203. The molecule has 0 spiro atoms. The number of hydrogen-bond donors (Lipinski definition) is 3. The van der Waals surface area contributed by atoms with Crippen LogP contribution in [0.2, 0.25) is 0 Å². The summed E-state index contributed by atoms with van der Waals surface area (Å²) in [6.45, 7) is 1.21. The van der Waals surface area contributed by atoms with Gasteiger partial charge in [-0.25, -0.2) is 0 Å². The lowest BCUT2D eigenvalue weighted by Crippen LogP contribution is -2.23. The predicted molar refractivity (Wildman–Crippen MR) is 118 cm³/mol. The van der Waals surface area contributed by atoms with Gasteiger partial charge in [0, 0.05) is 13.3 Å². The van der Waals surface area contributed by atoms with E-state index >= 15 is 0 Å². The van der Waals surface area contributed by atoms with Gasteiger partial charge in [0.2, 0.25) is 0 Å². The molecule has 172 valence electrons. The molecule has 5 atom stereocenters. The highest BCUT2D eigenvalue weighted by Gasteiger charge is 2.40. The van der Waals surface area contributed by atoms with E-state index in [-0.39, 0.29) is 18.3 Å². The lowest BCUT2D eigenvalue weighted by Gasteiger charge is -2.23. The molecule has 1 aliphatic carbocycles. The summed E-state index contributed by atoms with van der Waals surface area (Å²) < 4.78 is 4.48. The first-order valence-corrected chi connectivity index (χ1v) is 11.3. The molecular formula is C25H36O6. The number of carbonyl (C=O) groups excluding carboxylic acids is 2. The van der Waals surface area contributed by atoms with Crippen molar-refractivity contribution in [3.63, 3.8) is 0 Å². The molecule has 1 fully saturated rings. The first-order chi connectivity index (χ1) is 14.9. The van der Waals surface area contributed by atoms with Crippen molar-refractivity contribution in [2.45, 2.75) is 83.0 Å². The zero-order chi connectivity index (χ0) is 22.6. The molecular weight excluding hydrogens is 396 g/mol. The largest absolute Gasteiger partial charge is 0.393 e. The zero-order valence-electron chi connectivity index (χ0n) is 18.4.